The summed E-state index contributed by atoms with van der Waals surface area (Å²) in [7, 11) is 0. The van der Waals surface area contributed by atoms with Crippen LogP contribution in [0.5, 0.6) is 5.75 Å². The molecule has 1 amide bonds. The third-order valence-electron chi connectivity index (χ3n) is 3.89. The molecule has 5 heteroatoms. The third-order valence-corrected chi connectivity index (χ3v) is 4.38. The van der Waals surface area contributed by atoms with Gasteiger partial charge in [0.15, 0.2) is 6.61 Å². The molecule has 0 spiro atoms. The second-order valence-electron chi connectivity index (χ2n) is 5.78. The van der Waals surface area contributed by atoms with Crippen molar-refractivity contribution < 1.29 is 13.9 Å². The molecule has 0 fully saturated rings. The number of benzene rings is 3. The molecule has 0 heterocycles. The van der Waals surface area contributed by atoms with E-state index in [1.165, 1.54) is 12.1 Å². The van der Waals surface area contributed by atoms with E-state index in [2.05, 4.69) is 21.2 Å². The quantitative estimate of drug-likeness (QED) is 0.653. The van der Waals surface area contributed by atoms with E-state index in [1.807, 2.05) is 43.3 Å². The van der Waals surface area contributed by atoms with E-state index in [0.29, 0.717) is 5.75 Å². The van der Waals surface area contributed by atoms with Crippen LogP contribution >= 0.6 is 15.9 Å². The van der Waals surface area contributed by atoms with E-state index < -0.39 is 0 Å². The lowest BCUT2D eigenvalue weighted by atomic mass is 10.1. The maximum Gasteiger partial charge on any atom is 0.258 e. The molecular formula is C20H17BrFNO2. The molecule has 128 valence electrons. The maximum atomic E-state index is 12.9. The van der Waals surface area contributed by atoms with Crippen LogP contribution in [0.25, 0.3) is 10.8 Å². The van der Waals surface area contributed by atoms with Crippen molar-refractivity contribution in [1.82, 2.24) is 5.32 Å². The lowest BCUT2D eigenvalue weighted by Crippen LogP contribution is -2.31. The van der Waals surface area contributed by atoms with Gasteiger partial charge in [0.1, 0.15) is 11.6 Å². The fourth-order valence-electron chi connectivity index (χ4n) is 2.55. The van der Waals surface area contributed by atoms with Crippen LogP contribution < -0.4 is 10.1 Å². The largest absolute Gasteiger partial charge is 0.484 e. The van der Waals surface area contributed by atoms with Gasteiger partial charge in [-0.05, 0) is 59.7 Å². The molecule has 0 unspecified atom stereocenters. The molecule has 0 radical (unpaired) electrons. The van der Waals surface area contributed by atoms with E-state index in [-0.39, 0.29) is 24.4 Å². The Bertz CT molecular complexity index is 896. The Kier molecular flexibility index (Phi) is 5.34. The molecule has 1 atom stereocenters. The van der Waals surface area contributed by atoms with Crippen molar-refractivity contribution in [3.8, 4) is 5.75 Å². The molecular weight excluding hydrogens is 385 g/mol. The van der Waals surface area contributed by atoms with E-state index >= 15 is 0 Å². The fourth-order valence-corrected chi connectivity index (χ4v) is 2.93. The van der Waals surface area contributed by atoms with Crippen molar-refractivity contribution in [2.45, 2.75) is 13.0 Å². The zero-order valence-electron chi connectivity index (χ0n) is 13.6. The minimum atomic E-state index is -0.297. The number of nitrogens with one attached hydrogen (secondary N) is 1. The summed E-state index contributed by atoms with van der Waals surface area (Å²) in [6, 6.07) is 17.5. The van der Waals surface area contributed by atoms with Crippen molar-refractivity contribution in [3.63, 3.8) is 0 Å². The summed E-state index contributed by atoms with van der Waals surface area (Å²) in [5.41, 5.74) is 0.839. The smallest absolute Gasteiger partial charge is 0.258 e. The average Bonchev–Trinajstić information content (AvgIpc) is 2.60. The average molecular weight is 402 g/mol. The van der Waals surface area contributed by atoms with Gasteiger partial charge in [0.05, 0.1) is 6.04 Å². The first kappa shape index (κ1) is 17.4. The van der Waals surface area contributed by atoms with Crippen LogP contribution in [0.3, 0.4) is 0 Å². The monoisotopic (exact) mass is 401 g/mol. The Morgan fingerprint density at radius 3 is 2.52 bits per heavy atom. The van der Waals surface area contributed by atoms with Gasteiger partial charge in [-0.3, -0.25) is 4.79 Å². The highest BCUT2D eigenvalue weighted by Crippen LogP contribution is 2.24. The van der Waals surface area contributed by atoms with E-state index in [0.717, 1.165) is 20.8 Å². The molecule has 0 aromatic heterocycles. The minimum absolute atomic E-state index is 0.0758. The highest BCUT2D eigenvalue weighted by Gasteiger charge is 2.10. The van der Waals surface area contributed by atoms with Crippen molar-refractivity contribution in [3.05, 3.63) is 76.5 Å². The second kappa shape index (κ2) is 7.66. The zero-order valence-corrected chi connectivity index (χ0v) is 15.2. The van der Waals surface area contributed by atoms with E-state index in [4.69, 9.17) is 4.74 Å². The Morgan fingerprint density at radius 1 is 1.08 bits per heavy atom. The normalized spacial score (nSPS) is 12.0. The number of hydrogen-bond acceptors (Lipinski definition) is 2. The molecule has 0 saturated carbocycles. The van der Waals surface area contributed by atoms with Gasteiger partial charge < -0.3 is 10.1 Å². The molecule has 0 saturated heterocycles. The molecule has 3 aromatic carbocycles. The maximum absolute atomic E-state index is 12.9. The van der Waals surface area contributed by atoms with Gasteiger partial charge in [0.2, 0.25) is 0 Å². The fraction of sp³-hybridized carbons (Fsp3) is 0.150. The van der Waals surface area contributed by atoms with Crippen molar-refractivity contribution in [2.75, 3.05) is 6.61 Å². The van der Waals surface area contributed by atoms with Crippen molar-refractivity contribution >= 4 is 32.6 Å². The van der Waals surface area contributed by atoms with Gasteiger partial charge >= 0.3 is 0 Å². The van der Waals surface area contributed by atoms with Crippen LogP contribution in [0.4, 0.5) is 4.39 Å². The number of halogens is 2. The van der Waals surface area contributed by atoms with Gasteiger partial charge in [0, 0.05) is 4.47 Å². The topological polar surface area (TPSA) is 38.3 Å². The lowest BCUT2D eigenvalue weighted by Gasteiger charge is -2.15. The van der Waals surface area contributed by atoms with E-state index in [1.54, 1.807) is 12.1 Å². The van der Waals surface area contributed by atoms with Crippen LogP contribution in [-0.4, -0.2) is 12.5 Å². The summed E-state index contributed by atoms with van der Waals surface area (Å²) in [6.45, 7) is 1.77. The molecule has 3 nitrogen and oxygen atoms in total. The summed E-state index contributed by atoms with van der Waals surface area (Å²) in [6.07, 6.45) is 0. The number of amides is 1. The first-order valence-corrected chi connectivity index (χ1v) is 8.67. The van der Waals surface area contributed by atoms with Gasteiger partial charge in [-0.25, -0.2) is 4.39 Å². The highest BCUT2D eigenvalue weighted by molar-refractivity contribution is 9.10. The summed E-state index contributed by atoms with van der Waals surface area (Å²) < 4.78 is 19.5. The molecule has 1 N–H and O–H groups in total. The van der Waals surface area contributed by atoms with Gasteiger partial charge in [0.25, 0.3) is 5.91 Å². The van der Waals surface area contributed by atoms with Crippen molar-refractivity contribution in [1.29, 1.82) is 0 Å². The number of rotatable bonds is 5. The van der Waals surface area contributed by atoms with Gasteiger partial charge in [-0.15, -0.1) is 0 Å². The van der Waals surface area contributed by atoms with Crippen LogP contribution in [-0.2, 0) is 4.79 Å². The van der Waals surface area contributed by atoms with Crippen LogP contribution in [0.1, 0.15) is 18.5 Å². The summed E-state index contributed by atoms with van der Waals surface area (Å²) in [5, 5.41) is 4.97. The third kappa shape index (κ3) is 4.57. The van der Waals surface area contributed by atoms with E-state index in [9.17, 15) is 9.18 Å². The first-order valence-electron chi connectivity index (χ1n) is 7.88. The lowest BCUT2D eigenvalue weighted by molar-refractivity contribution is -0.123. The SMILES string of the molecule is C[C@H](NC(=O)COc1ccc2cc(Br)ccc2c1)c1ccc(F)cc1. The van der Waals surface area contributed by atoms with Crippen LogP contribution in [0.2, 0.25) is 0 Å². The van der Waals surface area contributed by atoms with Crippen LogP contribution in [0, 0.1) is 5.82 Å². The van der Waals surface area contributed by atoms with Gasteiger partial charge in [-0.2, -0.15) is 0 Å². The summed E-state index contributed by atoms with van der Waals surface area (Å²) in [4.78, 5) is 12.1. The Hall–Kier alpha value is -2.40. The minimum Gasteiger partial charge on any atom is -0.484 e. The first-order chi connectivity index (χ1) is 12.0. The molecule has 0 aliphatic rings. The van der Waals surface area contributed by atoms with Crippen LogP contribution in [0.15, 0.2) is 65.1 Å². The summed E-state index contributed by atoms with van der Waals surface area (Å²) in [5.74, 6) is 0.112. The molecule has 3 rings (SSSR count). The predicted molar refractivity (Wildman–Crippen MR) is 100 cm³/mol. The van der Waals surface area contributed by atoms with Crippen molar-refractivity contribution in [2.24, 2.45) is 0 Å². The highest BCUT2D eigenvalue weighted by atomic mass is 79.9. The Labute approximate surface area is 153 Å². The standard InChI is InChI=1S/C20H17BrFNO2/c1-13(14-3-7-18(22)8-4-14)23-20(24)12-25-19-9-5-15-10-17(21)6-2-16(15)11-19/h2-11,13H,12H2,1H3,(H,23,24)/t13-/m0/s1. The molecule has 0 bridgehead atoms. The number of fused-ring (bicyclic) bond motifs is 1. The molecule has 3 aromatic rings. The Balaban J connectivity index is 1.58. The second-order valence-corrected chi connectivity index (χ2v) is 6.70. The number of hydrogen-bond donors (Lipinski definition) is 1. The summed E-state index contributed by atoms with van der Waals surface area (Å²) >= 11 is 3.44. The molecule has 0 aliphatic heterocycles. The number of carbonyl (C=O) groups is 1. The molecule has 25 heavy (non-hydrogen) atoms. The Morgan fingerprint density at radius 2 is 1.76 bits per heavy atom. The zero-order chi connectivity index (χ0) is 17.8. The van der Waals surface area contributed by atoms with Gasteiger partial charge in [-0.1, -0.05) is 40.2 Å². The predicted octanol–water partition coefficient (Wildman–Crippen LogP) is 5.00. The molecule has 0 aliphatic carbocycles. The number of carbonyl (C=O) groups excluding carboxylic acids is 1. The number of ether oxygens (including phenoxy) is 1.